The fraction of sp³-hybridized carbons (Fsp3) is 0.667. The molecule has 1 atom stereocenters. The van der Waals surface area contributed by atoms with Gasteiger partial charge in [-0.15, -0.1) is 0 Å². The molecule has 0 spiro atoms. The van der Waals surface area contributed by atoms with Crippen molar-refractivity contribution in [1.29, 1.82) is 0 Å². The Kier molecular flexibility index (Phi) is 4.67. The highest BCUT2D eigenvalue weighted by Crippen LogP contribution is 2.25. The largest absolute Gasteiger partial charge is 0.314 e. The molecule has 1 heterocycles. The molecule has 1 fully saturated rings. The van der Waals surface area contributed by atoms with E-state index in [-0.39, 0.29) is 5.41 Å². The Hall–Kier alpha value is -0.820. The fourth-order valence-electron chi connectivity index (χ4n) is 2.91. The average molecular weight is 259 g/mol. The topological polar surface area (TPSA) is 12.0 Å². The Morgan fingerprint density at radius 3 is 2.63 bits per heavy atom. The number of aryl methyl sites for hydroxylation is 2. The zero-order valence-corrected chi connectivity index (χ0v) is 13.1. The van der Waals surface area contributed by atoms with Crippen molar-refractivity contribution in [2.24, 2.45) is 0 Å². The molecule has 1 heteroatoms. The number of hydrogen-bond donors (Lipinski definition) is 1. The first-order valence-corrected chi connectivity index (χ1v) is 7.80. The molecule has 19 heavy (non-hydrogen) atoms. The van der Waals surface area contributed by atoms with Crippen LogP contribution >= 0.6 is 0 Å². The van der Waals surface area contributed by atoms with Gasteiger partial charge in [0.25, 0.3) is 0 Å². The van der Waals surface area contributed by atoms with Crippen LogP contribution in [0.3, 0.4) is 0 Å². The molecule has 0 saturated carbocycles. The second-order valence-electron chi connectivity index (χ2n) is 7.08. The maximum absolute atomic E-state index is 3.65. The van der Waals surface area contributed by atoms with E-state index in [1.54, 1.807) is 5.56 Å². The van der Waals surface area contributed by atoms with Crippen molar-refractivity contribution >= 4 is 0 Å². The predicted octanol–water partition coefficient (Wildman–Crippen LogP) is 4.37. The van der Waals surface area contributed by atoms with Crippen molar-refractivity contribution in [3.8, 4) is 0 Å². The summed E-state index contributed by atoms with van der Waals surface area (Å²) >= 11 is 0. The van der Waals surface area contributed by atoms with E-state index in [9.17, 15) is 0 Å². The average Bonchev–Trinajstić information content (AvgIpc) is 2.37. The summed E-state index contributed by atoms with van der Waals surface area (Å²) in [5, 5.41) is 3.65. The Morgan fingerprint density at radius 2 is 2.00 bits per heavy atom. The SMILES string of the molecule is Cc1ccc(C(C)(C)C)cc1CCC1CCCCN1. The molecule has 0 aromatic heterocycles. The van der Waals surface area contributed by atoms with Crippen LogP contribution in [-0.4, -0.2) is 12.6 Å². The van der Waals surface area contributed by atoms with Gasteiger partial charge in [-0.25, -0.2) is 0 Å². The van der Waals surface area contributed by atoms with Crippen LogP contribution in [0.2, 0.25) is 0 Å². The van der Waals surface area contributed by atoms with Crippen LogP contribution in [-0.2, 0) is 11.8 Å². The van der Waals surface area contributed by atoms with E-state index in [4.69, 9.17) is 0 Å². The van der Waals surface area contributed by atoms with Crippen LogP contribution in [0.15, 0.2) is 18.2 Å². The number of hydrogen-bond acceptors (Lipinski definition) is 1. The van der Waals surface area contributed by atoms with E-state index in [0.717, 1.165) is 6.04 Å². The normalized spacial score (nSPS) is 20.5. The highest BCUT2D eigenvalue weighted by Gasteiger charge is 2.16. The number of piperidine rings is 1. The number of benzene rings is 1. The molecule has 1 aliphatic rings. The summed E-state index contributed by atoms with van der Waals surface area (Å²) in [7, 11) is 0. The summed E-state index contributed by atoms with van der Waals surface area (Å²) in [6, 6.07) is 7.76. The third-order valence-corrected chi connectivity index (χ3v) is 4.39. The summed E-state index contributed by atoms with van der Waals surface area (Å²) in [5.74, 6) is 0. The quantitative estimate of drug-likeness (QED) is 0.850. The smallest absolute Gasteiger partial charge is 0.00702 e. The van der Waals surface area contributed by atoms with Crippen molar-refractivity contribution in [3.63, 3.8) is 0 Å². The minimum atomic E-state index is 0.255. The first kappa shape index (κ1) is 14.6. The lowest BCUT2D eigenvalue weighted by atomic mass is 9.84. The lowest BCUT2D eigenvalue weighted by Crippen LogP contribution is -2.34. The Morgan fingerprint density at radius 1 is 1.21 bits per heavy atom. The zero-order chi connectivity index (χ0) is 13.9. The molecule has 2 rings (SSSR count). The molecule has 0 bridgehead atoms. The van der Waals surface area contributed by atoms with Crippen LogP contribution in [0.4, 0.5) is 0 Å². The summed E-state index contributed by atoms with van der Waals surface area (Å²) in [5.41, 5.74) is 4.71. The van der Waals surface area contributed by atoms with Crippen LogP contribution in [0.1, 0.15) is 63.1 Å². The maximum Gasteiger partial charge on any atom is 0.00702 e. The number of nitrogens with one attached hydrogen (secondary N) is 1. The number of rotatable bonds is 3. The van der Waals surface area contributed by atoms with E-state index >= 15 is 0 Å². The zero-order valence-electron chi connectivity index (χ0n) is 13.1. The Bertz CT molecular complexity index is 408. The van der Waals surface area contributed by atoms with Gasteiger partial charge in [0, 0.05) is 6.04 Å². The second-order valence-corrected chi connectivity index (χ2v) is 7.08. The van der Waals surface area contributed by atoms with Gasteiger partial charge in [-0.1, -0.05) is 45.4 Å². The van der Waals surface area contributed by atoms with Crippen molar-refractivity contribution in [2.75, 3.05) is 6.54 Å². The second kappa shape index (κ2) is 6.09. The van der Waals surface area contributed by atoms with Gasteiger partial charge in [-0.3, -0.25) is 0 Å². The summed E-state index contributed by atoms with van der Waals surface area (Å²) in [4.78, 5) is 0. The molecule has 1 saturated heterocycles. The van der Waals surface area contributed by atoms with Gasteiger partial charge in [-0.05, 0) is 61.3 Å². The third-order valence-electron chi connectivity index (χ3n) is 4.39. The molecule has 0 aliphatic carbocycles. The molecule has 106 valence electrons. The van der Waals surface area contributed by atoms with Gasteiger partial charge in [0.05, 0.1) is 0 Å². The van der Waals surface area contributed by atoms with E-state index in [1.165, 1.54) is 49.8 Å². The fourth-order valence-corrected chi connectivity index (χ4v) is 2.91. The van der Waals surface area contributed by atoms with Crippen LogP contribution in [0.5, 0.6) is 0 Å². The molecule has 1 unspecified atom stereocenters. The van der Waals surface area contributed by atoms with Gasteiger partial charge >= 0.3 is 0 Å². The first-order valence-electron chi connectivity index (χ1n) is 7.80. The summed E-state index contributed by atoms with van der Waals surface area (Å²) in [6.07, 6.45) is 6.62. The monoisotopic (exact) mass is 259 g/mol. The van der Waals surface area contributed by atoms with Crippen LogP contribution in [0.25, 0.3) is 0 Å². The minimum absolute atomic E-state index is 0.255. The van der Waals surface area contributed by atoms with E-state index in [0.29, 0.717) is 0 Å². The van der Waals surface area contributed by atoms with E-state index < -0.39 is 0 Å². The molecule has 1 aromatic carbocycles. The van der Waals surface area contributed by atoms with Gasteiger partial charge in [-0.2, -0.15) is 0 Å². The van der Waals surface area contributed by atoms with Crippen molar-refractivity contribution in [2.45, 2.75) is 71.3 Å². The molecular formula is C18H29N. The maximum atomic E-state index is 3.65. The van der Waals surface area contributed by atoms with Crippen LogP contribution in [0, 0.1) is 6.92 Å². The molecule has 1 N–H and O–H groups in total. The highest BCUT2D eigenvalue weighted by molar-refractivity contribution is 5.34. The molecule has 0 radical (unpaired) electrons. The Balaban J connectivity index is 2.02. The summed E-state index contributed by atoms with van der Waals surface area (Å²) < 4.78 is 0. The van der Waals surface area contributed by atoms with Crippen molar-refractivity contribution in [3.05, 3.63) is 34.9 Å². The molecule has 1 aliphatic heterocycles. The lowest BCUT2D eigenvalue weighted by molar-refractivity contribution is 0.382. The summed E-state index contributed by atoms with van der Waals surface area (Å²) in [6.45, 7) is 10.3. The van der Waals surface area contributed by atoms with Gasteiger partial charge in [0.15, 0.2) is 0 Å². The molecular weight excluding hydrogens is 230 g/mol. The minimum Gasteiger partial charge on any atom is -0.314 e. The van der Waals surface area contributed by atoms with Gasteiger partial charge in [0.2, 0.25) is 0 Å². The molecule has 1 nitrogen and oxygen atoms in total. The third kappa shape index (κ3) is 4.07. The van der Waals surface area contributed by atoms with Crippen LogP contribution < -0.4 is 5.32 Å². The van der Waals surface area contributed by atoms with E-state index in [1.807, 2.05) is 0 Å². The van der Waals surface area contributed by atoms with Crippen molar-refractivity contribution < 1.29 is 0 Å². The molecule has 1 aromatic rings. The highest BCUT2D eigenvalue weighted by atomic mass is 14.9. The van der Waals surface area contributed by atoms with Gasteiger partial charge < -0.3 is 5.32 Å². The predicted molar refractivity (Wildman–Crippen MR) is 83.8 cm³/mol. The molecule has 0 amide bonds. The Labute approximate surface area is 118 Å². The van der Waals surface area contributed by atoms with E-state index in [2.05, 4.69) is 51.2 Å². The van der Waals surface area contributed by atoms with Crippen molar-refractivity contribution in [1.82, 2.24) is 5.32 Å². The lowest BCUT2D eigenvalue weighted by Gasteiger charge is -2.24. The van der Waals surface area contributed by atoms with Gasteiger partial charge in [0.1, 0.15) is 0 Å². The standard InChI is InChI=1S/C18H29N/c1-14-8-10-16(18(2,3)4)13-15(14)9-11-17-7-5-6-12-19-17/h8,10,13,17,19H,5-7,9,11-12H2,1-4H3. The first-order chi connectivity index (χ1) is 8.97.